The number of nitrogens with zero attached hydrogens (tertiary/aromatic N) is 1. The molecule has 1 amide bonds. The number of hydrogen-bond acceptors (Lipinski definition) is 3. The van der Waals surface area contributed by atoms with Gasteiger partial charge in [-0.2, -0.15) is 0 Å². The van der Waals surface area contributed by atoms with Crippen LogP contribution < -0.4 is 11.1 Å². The summed E-state index contributed by atoms with van der Waals surface area (Å²) in [6.45, 7) is 6.04. The maximum absolute atomic E-state index is 12.4. The van der Waals surface area contributed by atoms with Crippen molar-refractivity contribution in [3.05, 3.63) is 64.2 Å². The van der Waals surface area contributed by atoms with Crippen LogP contribution in [0, 0.1) is 13.8 Å². The second-order valence-corrected chi connectivity index (χ2v) is 6.38. The number of nitrogens with one attached hydrogen (secondary N) is 1. The van der Waals surface area contributed by atoms with Gasteiger partial charge in [-0.3, -0.25) is 9.69 Å². The number of rotatable bonds is 7. The van der Waals surface area contributed by atoms with Crippen molar-refractivity contribution in [3.8, 4) is 0 Å². The van der Waals surface area contributed by atoms with Crippen molar-refractivity contribution in [1.29, 1.82) is 0 Å². The predicted molar refractivity (Wildman–Crippen MR) is 100 cm³/mol. The van der Waals surface area contributed by atoms with Gasteiger partial charge in [0.2, 0.25) is 5.91 Å². The number of halogens is 1. The normalized spacial score (nSPS) is 10.9. The van der Waals surface area contributed by atoms with E-state index < -0.39 is 0 Å². The molecule has 5 heteroatoms. The van der Waals surface area contributed by atoms with E-state index in [1.807, 2.05) is 61.2 Å². The first-order chi connectivity index (χ1) is 11.5. The molecular formula is C19H24ClN3O. The van der Waals surface area contributed by atoms with Gasteiger partial charge in [-0.05, 0) is 36.6 Å². The smallest absolute Gasteiger partial charge is 0.238 e. The Bertz CT molecular complexity index is 665. The van der Waals surface area contributed by atoms with Crippen LogP contribution in [0.15, 0.2) is 42.5 Å². The number of hydrogen-bond donors (Lipinski definition) is 2. The number of carbonyl (C=O) groups is 1. The minimum absolute atomic E-state index is 0.0896. The van der Waals surface area contributed by atoms with Crippen molar-refractivity contribution in [2.75, 3.05) is 25.0 Å². The lowest BCUT2D eigenvalue weighted by Crippen LogP contribution is -2.36. The van der Waals surface area contributed by atoms with E-state index >= 15 is 0 Å². The zero-order valence-corrected chi connectivity index (χ0v) is 14.9. The lowest BCUT2D eigenvalue weighted by atomic mass is 10.1. The summed E-state index contributed by atoms with van der Waals surface area (Å²) >= 11 is 6.26. The highest BCUT2D eigenvalue weighted by Crippen LogP contribution is 2.27. The van der Waals surface area contributed by atoms with E-state index in [-0.39, 0.29) is 12.5 Å². The molecule has 0 aliphatic carbocycles. The van der Waals surface area contributed by atoms with Crippen molar-refractivity contribution < 1.29 is 4.79 Å². The second-order valence-electron chi connectivity index (χ2n) is 5.97. The Morgan fingerprint density at radius 1 is 1.21 bits per heavy atom. The molecule has 0 aliphatic heterocycles. The zero-order valence-electron chi connectivity index (χ0n) is 14.2. The van der Waals surface area contributed by atoms with E-state index in [1.54, 1.807) is 0 Å². The fourth-order valence-electron chi connectivity index (χ4n) is 2.69. The van der Waals surface area contributed by atoms with Gasteiger partial charge < -0.3 is 11.1 Å². The highest BCUT2D eigenvalue weighted by molar-refractivity contribution is 6.34. The molecule has 24 heavy (non-hydrogen) atoms. The summed E-state index contributed by atoms with van der Waals surface area (Å²) in [5.41, 5.74) is 9.55. The number of aryl methyl sites for hydroxylation is 2. The molecule has 0 aliphatic rings. The van der Waals surface area contributed by atoms with Crippen molar-refractivity contribution in [2.24, 2.45) is 5.73 Å². The standard InChI is InChI=1S/C19H24ClN3O/c1-14-10-15(2)19(17(20)11-14)22-18(24)13-23(9-8-21)12-16-6-4-3-5-7-16/h3-7,10-11H,8-9,12-13,21H2,1-2H3,(H,22,24). The summed E-state index contributed by atoms with van der Waals surface area (Å²) in [6, 6.07) is 13.9. The molecule has 0 saturated carbocycles. The molecule has 0 bridgehead atoms. The summed E-state index contributed by atoms with van der Waals surface area (Å²) in [4.78, 5) is 14.5. The molecule has 2 rings (SSSR count). The van der Waals surface area contributed by atoms with E-state index in [0.29, 0.717) is 30.3 Å². The average molecular weight is 346 g/mol. The molecule has 2 aromatic carbocycles. The Labute approximate surface area is 148 Å². The van der Waals surface area contributed by atoms with Gasteiger partial charge in [0, 0.05) is 19.6 Å². The van der Waals surface area contributed by atoms with Crippen molar-refractivity contribution >= 4 is 23.2 Å². The number of nitrogens with two attached hydrogens (primary N) is 1. The van der Waals surface area contributed by atoms with E-state index in [2.05, 4.69) is 5.32 Å². The lowest BCUT2D eigenvalue weighted by molar-refractivity contribution is -0.117. The summed E-state index contributed by atoms with van der Waals surface area (Å²) in [5, 5.41) is 3.49. The van der Waals surface area contributed by atoms with Crippen LogP contribution in [0.3, 0.4) is 0 Å². The third-order valence-electron chi connectivity index (χ3n) is 3.76. The van der Waals surface area contributed by atoms with E-state index in [0.717, 1.165) is 16.7 Å². The predicted octanol–water partition coefficient (Wildman–Crippen LogP) is 3.36. The first-order valence-corrected chi connectivity index (χ1v) is 8.40. The van der Waals surface area contributed by atoms with Crippen LogP contribution in [0.1, 0.15) is 16.7 Å². The third kappa shape index (κ3) is 5.34. The van der Waals surface area contributed by atoms with E-state index in [1.165, 1.54) is 0 Å². The van der Waals surface area contributed by atoms with Crippen LogP contribution >= 0.6 is 11.6 Å². The molecule has 3 N–H and O–H groups in total. The summed E-state index contributed by atoms with van der Waals surface area (Å²) in [5.74, 6) is -0.0896. The summed E-state index contributed by atoms with van der Waals surface area (Å²) in [6.07, 6.45) is 0. The van der Waals surface area contributed by atoms with Gasteiger partial charge in [0.15, 0.2) is 0 Å². The highest BCUT2D eigenvalue weighted by Gasteiger charge is 2.14. The Balaban J connectivity index is 2.03. The lowest BCUT2D eigenvalue weighted by Gasteiger charge is -2.21. The van der Waals surface area contributed by atoms with Crippen molar-refractivity contribution in [2.45, 2.75) is 20.4 Å². The number of amides is 1. The van der Waals surface area contributed by atoms with Gasteiger partial charge in [-0.1, -0.05) is 48.0 Å². The minimum atomic E-state index is -0.0896. The number of anilines is 1. The van der Waals surface area contributed by atoms with Gasteiger partial charge in [-0.15, -0.1) is 0 Å². The van der Waals surface area contributed by atoms with Crippen LogP contribution in [0.25, 0.3) is 0 Å². The van der Waals surface area contributed by atoms with Gasteiger partial charge >= 0.3 is 0 Å². The van der Waals surface area contributed by atoms with Crippen LogP contribution in [0.4, 0.5) is 5.69 Å². The largest absolute Gasteiger partial charge is 0.329 e. The second kappa shape index (κ2) is 8.83. The van der Waals surface area contributed by atoms with E-state index in [4.69, 9.17) is 17.3 Å². The summed E-state index contributed by atoms with van der Waals surface area (Å²) < 4.78 is 0. The number of carbonyl (C=O) groups excluding carboxylic acids is 1. The maximum Gasteiger partial charge on any atom is 0.238 e. The molecule has 4 nitrogen and oxygen atoms in total. The molecule has 0 radical (unpaired) electrons. The quantitative estimate of drug-likeness (QED) is 0.809. The van der Waals surface area contributed by atoms with Gasteiger partial charge in [-0.25, -0.2) is 0 Å². The fourth-order valence-corrected chi connectivity index (χ4v) is 3.06. The minimum Gasteiger partial charge on any atom is -0.329 e. The monoisotopic (exact) mass is 345 g/mol. The Morgan fingerprint density at radius 3 is 2.54 bits per heavy atom. The van der Waals surface area contributed by atoms with Gasteiger partial charge in [0.25, 0.3) is 0 Å². The molecule has 128 valence electrons. The van der Waals surface area contributed by atoms with Gasteiger partial charge in [0.05, 0.1) is 17.3 Å². The maximum atomic E-state index is 12.4. The van der Waals surface area contributed by atoms with Gasteiger partial charge in [0.1, 0.15) is 0 Å². The zero-order chi connectivity index (χ0) is 17.5. The molecule has 0 heterocycles. The Morgan fingerprint density at radius 2 is 1.92 bits per heavy atom. The average Bonchev–Trinajstić information content (AvgIpc) is 2.52. The van der Waals surface area contributed by atoms with E-state index in [9.17, 15) is 4.79 Å². The molecular weight excluding hydrogens is 322 g/mol. The van der Waals surface area contributed by atoms with Crippen LogP contribution in [0.5, 0.6) is 0 Å². The SMILES string of the molecule is Cc1cc(C)c(NC(=O)CN(CCN)Cc2ccccc2)c(Cl)c1. The Hall–Kier alpha value is -1.88. The third-order valence-corrected chi connectivity index (χ3v) is 4.06. The topological polar surface area (TPSA) is 58.4 Å². The first kappa shape index (κ1) is 18.5. The number of benzene rings is 2. The molecule has 2 aromatic rings. The van der Waals surface area contributed by atoms with Crippen LogP contribution in [0.2, 0.25) is 5.02 Å². The van der Waals surface area contributed by atoms with Crippen LogP contribution in [-0.4, -0.2) is 30.4 Å². The molecule has 0 fully saturated rings. The fraction of sp³-hybridized carbons (Fsp3) is 0.316. The summed E-state index contributed by atoms with van der Waals surface area (Å²) in [7, 11) is 0. The van der Waals surface area contributed by atoms with Crippen molar-refractivity contribution in [3.63, 3.8) is 0 Å². The Kier molecular flexibility index (Phi) is 6.79. The first-order valence-electron chi connectivity index (χ1n) is 8.02. The molecule has 0 unspecified atom stereocenters. The van der Waals surface area contributed by atoms with Crippen LogP contribution in [-0.2, 0) is 11.3 Å². The molecule has 0 atom stereocenters. The van der Waals surface area contributed by atoms with Crippen molar-refractivity contribution in [1.82, 2.24) is 4.90 Å². The molecule has 0 spiro atoms. The molecule has 0 saturated heterocycles. The highest BCUT2D eigenvalue weighted by atomic mass is 35.5. The molecule has 0 aromatic heterocycles.